The van der Waals surface area contributed by atoms with Gasteiger partial charge in [-0.25, -0.2) is 8.78 Å². The van der Waals surface area contributed by atoms with E-state index in [1.54, 1.807) is 19.1 Å². The summed E-state index contributed by atoms with van der Waals surface area (Å²) < 4.78 is 27.6. The first-order chi connectivity index (χ1) is 11.0. The standard InChI is InChI=1S/C20H16F2O/c1-12-10-15(14-4-3-5-16(21)11-14)6-7-17(12)20-13(2)19(23)9-8-18(20)22/h3-11,23H,1-2H3. The van der Waals surface area contributed by atoms with E-state index in [9.17, 15) is 13.9 Å². The fourth-order valence-electron chi connectivity index (χ4n) is 2.79. The summed E-state index contributed by atoms with van der Waals surface area (Å²) in [6, 6.07) is 14.5. The van der Waals surface area contributed by atoms with Crippen molar-refractivity contribution in [2.45, 2.75) is 13.8 Å². The van der Waals surface area contributed by atoms with Crippen LogP contribution >= 0.6 is 0 Å². The molecule has 1 N–H and O–H groups in total. The molecule has 0 saturated carbocycles. The van der Waals surface area contributed by atoms with Crippen molar-refractivity contribution in [1.29, 1.82) is 0 Å². The topological polar surface area (TPSA) is 20.2 Å². The molecule has 0 aliphatic heterocycles. The predicted molar refractivity (Wildman–Crippen MR) is 88.4 cm³/mol. The number of halogens is 2. The lowest BCUT2D eigenvalue weighted by atomic mass is 9.92. The van der Waals surface area contributed by atoms with Gasteiger partial charge in [-0.15, -0.1) is 0 Å². The van der Waals surface area contributed by atoms with Crippen molar-refractivity contribution >= 4 is 0 Å². The summed E-state index contributed by atoms with van der Waals surface area (Å²) in [4.78, 5) is 0. The molecule has 3 rings (SSSR count). The summed E-state index contributed by atoms with van der Waals surface area (Å²) in [5.74, 6) is -0.601. The Kier molecular flexibility index (Phi) is 3.87. The summed E-state index contributed by atoms with van der Waals surface area (Å²) >= 11 is 0. The molecule has 0 radical (unpaired) electrons. The van der Waals surface area contributed by atoms with Crippen LogP contribution in [0.25, 0.3) is 22.3 Å². The molecule has 0 unspecified atom stereocenters. The van der Waals surface area contributed by atoms with E-state index in [0.717, 1.165) is 22.3 Å². The molecule has 0 bridgehead atoms. The Morgan fingerprint density at radius 3 is 2.26 bits per heavy atom. The average molecular weight is 310 g/mol. The van der Waals surface area contributed by atoms with Gasteiger partial charge in [-0.05, 0) is 60.4 Å². The van der Waals surface area contributed by atoms with Gasteiger partial charge in [0.15, 0.2) is 0 Å². The molecule has 3 aromatic rings. The van der Waals surface area contributed by atoms with Gasteiger partial charge in [0.05, 0.1) is 0 Å². The fraction of sp³-hybridized carbons (Fsp3) is 0.100. The molecule has 0 fully saturated rings. The molecule has 0 heterocycles. The highest BCUT2D eigenvalue weighted by molar-refractivity contribution is 5.76. The van der Waals surface area contributed by atoms with Crippen LogP contribution in [0, 0.1) is 25.5 Å². The minimum atomic E-state index is -0.373. The Bertz CT molecular complexity index is 885. The van der Waals surface area contributed by atoms with Gasteiger partial charge in [-0.3, -0.25) is 0 Å². The zero-order chi connectivity index (χ0) is 16.6. The van der Waals surface area contributed by atoms with Crippen molar-refractivity contribution in [1.82, 2.24) is 0 Å². The second-order valence-electron chi connectivity index (χ2n) is 5.61. The molecule has 116 valence electrons. The van der Waals surface area contributed by atoms with Crippen molar-refractivity contribution in [3.05, 3.63) is 77.4 Å². The normalized spacial score (nSPS) is 10.8. The third-order valence-electron chi connectivity index (χ3n) is 4.04. The number of phenols is 1. The first kappa shape index (κ1) is 15.2. The van der Waals surface area contributed by atoms with Gasteiger partial charge < -0.3 is 5.11 Å². The Balaban J connectivity index is 2.13. The molecular weight excluding hydrogens is 294 g/mol. The number of hydrogen-bond acceptors (Lipinski definition) is 1. The van der Waals surface area contributed by atoms with E-state index in [1.165, 1.54) is 24.3 Å². The van der Waals surface area contributed by atoms with Crippen molar-refractivity contribution < 1.29 is 13.9 Å². The van der Waals surface area contributed by atoms with Crippen LogP contribution in [0.15, 0.2) is 54.6 Å². The quantitative estimate of drug-likeness (QED) is 0.651. The van der Waals surface area contributed by atoms with Crippen LogP contribution in [0.1, 0.15) is 11.1 Å². The van der Waals surface area contributed by atoms with E-state index in [-0.39, 0.29) is 17.4 Å². The summed E-state index contributed by atoms with van der Waals surface area (Å²) in [5.41, 5.74) is 4.12. The smallest absolute Gasteiger partial charge is 0.131 e. The van der Waals surface area contributed by atoms with E-state index < -0.39 is 0 Å². The lowest BCUT2D eigenvalue weighted by molar-refractivity contribution is 0.469. The molecule has 23 heavy (non-hydrogen) atoms. The van der Waals surface area contributed by atoms with Gasteiger partial charge in [-0.2, -0.15) is 0 Å². The molecule has 0 aromatic heterocycles. The van der Waals surface area contributed by atoms with Gasteiger partial charge in [-0.1, -0.05) is 30.3 Å². The first-order valence-electron chi connectivity index (χ1n) is 7.32. The molecule has 3 heteroatoms. The maximum atomic E-state index is 14.2. The molecule has 0 amide bonds. The number of aryl methyl sites for hydroxylation is 1. The second kappa shape index (κ2) is 5.84. The summed E-state index contributed by atoms with van der Waals surface area (Å²) in [6.45, 7) is 3.56. The lowest BCUT2D eigenvalue weighted by Gasteiger charge is -2.13. The first-order valence-corrected chi connectivity index (χ1v) is 7.32. The van der Waals surface area contributed by atoms with Crippen molar-refractivity contribution in [3.8, 4) is 28.0 Å². The summed E-state index contributed by atoms with van der Waals surface area (Å²) in [5, 5.41) is 9.83. The number of phenolic OH excluding ortho intramolecular Hbond substituents is 1. The predicted octanol–water partition coefficient (Wildman–Crippen LogP) is 5.62. The highest BCUT2D eigenvalue weighted by atomic mass is 19.1. The minimum Gasteiger partial charge on any atom is -0.508 e. The molecule has 0 saturated heterocycles. The Labute approximate surface area is 133 Å². The third kappa shape index (κ3) is 2.82. The zero-order valence-electron chi connectivity index (χ0n) is 12.9. The Morgan fingerprint density at radius 1 is 0.826 bits per heavy atom. The second-order valence-corrected chi connectivity index (χ2v) is 5.61. The molecule has 0 atom stereocenters. The highest BCUT2D eigenvalue weighted by Crippen LogP contribution is 2.35. The van der Waals surface area contributed by atoms with E-state index in [2.05, 4.69) is 0 Å². The van der Waals surface area contributed by atoms with Crippen molar-refractivity contribution in [2.75, 3.05) is 0 Å². The number of benzene rings is 3. The average Bonchev–Trinajstić information content (AvgIpc) is 2.53. The van der Waals surface area contributed by atoms with Crippen LogP contribution in [0.3, 0.4) is 0 Å². The van der Waals surface area contributed by atoms with Gasteiger partial charge in [0.25, 0.3) is 0 Å². The molecule has 3 aromatic carbocycles. The van der Waals surface area contributed by atoms with E-state index in [1.807, 2.05) is 25.1 Å². The van der Waals surface area contributed by atoms with E-state index in [0.29, 0.717) is 11.1 Å². The molecule has 0 aliphatic rings. The van der Waals surface area contributed by atoms with Crippen LogP contribution in [-0.2, 0) is 0 Å². The van der Waals surface area contributed by atoms with Crippen LogP contribution < -0.4 is 0 Å². The fourth-order valence-corrected chi connectivity index (χ4v) is 2.79. The van der Waals surface area contributed by atoms with Gasteiger partial charge in [0.2, 0.25) is 0 Å². The van der Waals surface area contributed by atoms with Crippen LogP contribution in [0.2, 0.25) is 0 Å². The van der Waals surface area contributed by atoms with E-state index in [4.69, 9.17) is 0 Å². The molecular formula is C20H16F2O. The van der Waals surface area contributed by atoms with Crippen molar-refractivity contribution in [3.63, 3.8) is 0 Å². The summed E-state index contributed by atoms with van der Waals surface area (Å²) in [6.07, 6.45) is 0. The largest absolute Gasteiger partial charge is 0.508 e. The third-order valence-corrected chi connectivity index (χ3v) is 4.04. The molecule has 0 aliphatic carbocycles. The summed E-state index contributed by atoms with van der Waals surface area (Å²) in [7, 11) is 0. The monoisotopic (exact) mass is 310 g/mol. The van der Waals surface area contributed by atoms with Gasteiger partial charge in [0, 0.05) is 11.1 Å². The maximum Gasteiger partial charge on any atom is 0.131 e. The zero-order valence-corrected chi connectivity index (χ0v) is 12.9. The van der Waals surface area contributed by atoms with Crippen LogP contribution in [-0.4, -0.2) is 5.11 Å². The maximum absolute atomic E-state index is 14.2. The van der Waals surface area contributed by atoms with Crippen molar-refractivity contribution in [2.24, 2.45) is 0 Å². The highest BCUT2D eigenvalue weighted by Gasteiger charge is 2.14. The SMILES string of the molecule is Cc1cc(-c2cccc(F)c2)ccc1-c1c(F)ccc(O)c1C. The minimum absolute atomic E-state index is 0.0648. The van der Waals surface area contributed by atoms with E-state index >= 15 is 0 Å². The molecule has 0 spiro atoms. The number of hydrogen-bond donors (Lipinski definition) is 1. The Hall–Kier alpha value is -2.68. The van der Waals surface area contributed by atoms with Gasteiger partial charge in [0.1, 0.15) is 17.4 Å². The Morgan fingerprint density at radius 2 is 1.57 bits per heavy atom. The lowest BCUT2D eigenvalue weighted by Crippen LogP contribution is -1.93. The molecule has 1 nitrogen and oxygen atoms in total. The number of aromatic hydroxyl groups is 1. The number of rotatable bonds is 2. The van der Waals surface area contributed by atoms with Crippen LogP contribution in [0.4, 0.5) is 8.78 Å². The van der Waals surface area contributed by atoms with Crippen LogP contribution in [0.5, 0.6) is 5.75 Å². The van der Waals surface area contributed by atoms with Gasteiger partial charge >= 0.3 is 0 Å².